The van der Waals surface area contributed by atoms with Crippen LogP contribution < -0.4 is 5.56 Å². The second kappa shape index (κ2) is 10.5. The molecule has 0 saturated carbocycles. The average molecular weight is 641 g/mol. The maximum absolute atomic E-state index is 13.5. The molecule has 0 unspecified atom stereocenters. The maximum atomic E-state index is 13.5. The van der Waals surface area contributed by atoms with Gasteiger partial charge in [-0.15, -0.1) is 27.8 Å². The van der Waals surface area contributed by atoms with Crippen LogP contribution in [-0.4, -0.2) is 45.7 Å². The van der Waals surface area contributed by atoms with Crippen LogP contribution in [0, 0.1) is 0 Å². The minimum absolute atomic E-state index is 0.0161. The summed E-state index contributed by atoms with van der Waals surface area (Å²) in [7, 11) is -9.65. The van der Waals surface area contributed by atoms with E-state index < -0.39 is 35.6 Å². The van der Waals surface area contributed by atoms with Crippen molar-refractivity contribution in [1.82, 2.24) is 19.7 Å². The van der Waals surface area contributed by atoms with Gasteiger partial charge in [0.25, 0.3) is 20.2 Å². The van der Waals surface area contributed by atoms with Gasteiger partial charge in [0.1, 0.15) is 15.6 Å². The highest BCUT2D eigenvalue weighted by atomic mass is 32.2. The lowest BCUT2D eigenvalue weighted by Gasteiger charge is -2.07. The summed E-state index contributed by atoms with van der Waals surface area (Å²) in [6, 6.07) is 14.6. The summed E-state index contributed by atoms with van der Waals surface area (Å²) in [6.45, 7) is 0. The van der Waals surface area contributed by atoms with Crippen molar-refractivity contribution in [2.24, 2.45) is 10.2 Å². The van der Waals surface area contributed by atoms with Gasteiger partial charge < -0.3 is 0 Å². The monoisotopic (exact) mass is 640 g/mol. The number of aromatic amines is 1. The van der Waals surface area contributed by atoms with Crippen LogP contribution in [0.15, 0.2) is 102 Å². The van der Waals surface area contributed by atoms with Gasteiger partial charge in [0, 0.05) is 27.9 Å². The molecule has 0 amide bonds. The molecule has 0 aliphatic carbocycles. The third-order valence-corrected chi connectivity index (χ3v) is 9.32. The molecule has 0 bridgehead atoms. The van der Waals surface area contributed by atoms with Crippen molar-refractivity contribution >= 4 is 65.1 Å². The number of azo groups is 1. The molecule has 6 aromatic rings. The highest BCUT2D eigenvalue weighted by Gasteiger charge is 2.22. The zero-order valence-corrected chi connectivity index (χ0v) is 24.1. The maximum Gasteiger partial charge on any atom is 0.301 e. The van der Waals surface area contributed by atoms with E-state index in [4.69, 9.17) is 0 Å². The zero-order valence-electron chi connectivity index (χ0n) is 20.8. The predicted octanol–water partition coefficient (Wildman–Crippen LogP) is 5.47. The lowest BCUT2D eigenvalue weighted by molar-refractivity contribution is 0.482. The second-order valence-electron chi connectivity index (χ2n) is 8.67. The molecule has 0 saturated heterocycles. The van der Waals surface area contributed by atoms with Gasteiger partial charge in [-0.1, -0.05) is 36.4 Å². The van der Waals surface area contributed by atoms with Crippen LogP contribution >= 0.6 is 22.7 Å². The molecule has 42 heavy (non-hydrogen) atoms. The number of rotatable bonds is 7. The quantitative estimate of drug-likeness (QED) is 0.149. The van der Waals surface area contributed by atoms with E-state index in [0.29, 0.717) is 33.2 Å². The number of nitrogens with zero attached hydrogens (tertiary/aromatic N) is 5. The fourth-order valence-corrected chi connectivity index (χ4v) is 6.90. The van der Waals surface area contributed by atoms with Gasteiger partial charge >= 0.3 is 5.56 Å². The summed E-state index contributed by atoms with van der Waals surface area (Å²) in [5.41, 5.74) is 1.16. The summed E-state index contributed by atoms with van der Waals surface area (Å²) in [5.74, 6) is 0. The summed E-state index contributed by atoms with van der Waals surface area (Å²) in [4.78, 5) is 20.9. The van der Waals surface area contributed by atoms with Gasteiger partial charge in [-0.05, 0) is 29.7 Å². The first-order valence-corrected chi connectivity index (χ1v) is 16.3. The molecular formula is C25H16N6O7S4. The minimum Gasteiger partial charge on any atom is -0.286 e. The molecule has 3 heterocycles. The molecule has 212 valence electrons. The van der Waals surface area contributed by atoms with E-state index in [1.54, 1.807) is 35.8 Å². The van der Waals surface area contributed by atoms with Crippen LogP contribution in [0.3, 0.4) is 0 Å². The Kier molecular flexibility index (Phi) is 6.92. The smallest absolute Gasteiger partial charge is 0.286 e. The number of benzene rings is 3. The van der Waals surface area contributed by atoms with Crippen molar-refractivity contribution in [3.63, 3.8) is 0 Å². The molecule has 0 aliphatic heterocycles. The van der Waals surface area contributed by atoms with Crippen LogP contribution in [0.25, 0.3) is 37.9 Å². The number of aromatic nitrogens is 4. The normalized spacial score (nSPS) is 12.4. The van der Waals surface area contributed by atoms with E-state index >= 15 is 0 Å². The molecule has 3 N–H and O–H groups in total. The number of hydrogen-bond donors (Lipinski definition) is 3. The largest absolute Gasteiger partial charge is 0.301 e. The first-order valence-electron chi connectivity index (χ1n) is 11.7. The van der Waals surface area contributed by atoms with E-state index in [1.165, 1.54) is 45.6 Å². The topological polar surface area (TPSA) is 197 Å². The first-order chi connectivity index (χ1) is 20.0. The van der Waals surface area contributed by atoms with Crippen molar-refractivity contribution in [3.05, 3.63) is 88.0 Å². The summed E-state index contributed by atoms with van der Waals surface area (Å²) >= 11 is 2.64. The van der Waals surface area contributed by atoms with Crippen molar-refractivity contribution < 1.29 is 25.9 Å². The van der Waals surface area contributed by atoms with Crippen LogP contribution in [0.2, 0.25) is 0 Å². The van der Waals surface area contributed by atoms with Crippen molar-refractivity contribution in [3.8, 4) is 27.1 Å². The molecular weight excluding hydrogens is 625 g/mol. The highest BCUT2D eigenvalue weighted by Crippen LogP contribution is 2.33. The van der Waals surface area contributed by atoms with E-state index in [1.807, 2.05) is 11.4 Å². The number of fused-ring (bicyclic) bond motifs is 1. The fourth-order valence-electron chi connectivity index (χ4n) is 4.11. The Morgan fingerprint density at radius 3 is 2.38 bits per heavy atom. The third-order valence-electron chi connectivity index (χ3n) is 5.98. The number of H-pyrrole nitrogens is 1. The van der Waals surface area contributed by atoms with Gasteiger partial charge in [0.05, 0.1) is 16.3 Å². The Bertz CT molecular complexity index is 2270. The molecule has 6 rings (SSSR count). The number of thiazole rings is 2. The molecule has 17 heteroatoms. The number of nitrogens with one attached hydrogen (secondary N) is 1. The van der Waals surface area contributed by atoms with Crippen molar-refractivity contribution in [2.75, 3.05) is 0 Å². The first kappa shape index (κ1) is 27.8. The SMILES string of the molecule is O=c1c(N=Nc2ccc3c(S(=O)(=O)O)cc(S(=O)(=O)O)cc3c2)c(-c2ccccc2)[nH]n1-c1nc(-c2nccs2)cs1. The molecule has 3 aromatic carbocycles. The molecule has 3 aromatic heterocycles. The van der Waals surface area contributed by atoms with E-state index in [-0.39, 0.29) is 22.1 Å². The summed E-state index contributed by atoms with van der Waals surface area (Å²) < 4.78 is 67.7. The third kappa shape index (κ3) is 5.31. The Morgan fingerprint density at radius 1 is 0.905 bits per heavy atom. The summed E-state index contributed by atoms with van der Waals surface area (Å²) in [6.07, 6.45) is 1.66. The van der Waals surface area contributed by atoms with E-state index in [9.17, 15) is 30.7 Å². The summed E-state index contributed by atoms with van der Waals surface area (Å²) in [5, 5.41) is 16.1. The lowest BCUT2D eigenvalue weighted by atomic mass is 10.1. The van der Waals surface area contributed by atoms with E-state index in [2.05, 4.69) is 25.3 Å². The Labute approximate surface area is 245 Å². The van der Waals surface area contributed by atoms with Crippen LogP contribution in [0.5, 0.6) is 0 Å². The predicted molar refractivity (Wildman–Crippen MR) is 156 cm³/mol. The van der Waals surface area contributed by atoms with Gasteiger partial charge in [-0.25, -0.2) is 9.97 Å². The highest BCUT2D eigenvalue weighted by molar-refractivity contribution is 7.86. The van der Waals surface area contributed by atoms with Gasteiger partial charge in [0.15, 0.2) is 5.69 Å². The standard InChI is InChI=1S/C25H16N6O7S4/c32-24-22(29-28-16-6-7-18-15(10-16)11-17(41(33,34)35)12-20(18)42(36,37)38)21(14-4-2-1-3-5-14)30-31(24)25-27-19(13-40-25)23-26-8-9-39-23/h1-13,30H,(H,33,34,35)(H,36,37,38). The molecule has 0 radical (unpaired) electrons. The molecule has 0 spiro atoms. The molecule has 0 aliphatic rings. The van der Waals surface area contributed by atoms with Gasteiger partial charge in [-0.3, -0.25) is 19.0 Å². The molecule has 0 fully saturated rings. The van der Waals surface area contributed by atoms with Gasteiger partial charge in [0.2, 0.25) is 5.13 Å². The Balaban J connectivity index is 1.47. The zero-order chi connectivity index (χ0) is 29.6. The lowest BCUT2D eigenvalue weighted by Crippen LogP contribution is -2.13. The van der Waals surface area contributed by atoms with Gasteiger partial charge in [-0.2, -0.15) is 26.6 Å². The average Bonchev–Trinajstić information content (AvgIpc) is 3.71. The molecule has 0 atom stereocenters. The Hall–Kier alpha value is -4.39. The van der Waals surface area contributed by atoms with Crippen LogP contribution in [-0.2, 0) is 20.2 Å². The van der Waals surface area contributed by atoms with E-state index in [0.717, 1.165) is 6.07 Å². The van der Waals surface area contributed by atoms with Crippen molar-refractivity contribution in [1.29, 1.82) is 0 Å². The Morgan fingerprint density at radius 2 is 1.69 bits per heavy atom. The second-order valence-corrected chi connectivity index (χ2v) is 13.2. The number of hydrogen-bond acceptors (Lipinski definition) is 11. The van der Waals surface area contributed by atoms with Crippen LogP contribution in [0.4, 0.5) is 11.4 Å². The van der Waals surface area contributed by atoms with Crippen LogP contribution in [0.1, 0.15) is 0 Å². The molecule has 13 nitrogen and oxygen atoms in total. The fraction of sp³-hybridized carbons (Fsp3) is 0. The van der Waals surface area contributed by atoms with Crippen molar-refractivity contribution in [2.45, 2.75) is 9.79 Å². The minimum atomic E-state index is -4.84.